The molecule has 0 atom stereocenters. The van der Waals surface area contributed by atoms with Gasteiger partial charge in [-0.25, -0.2) is 0 Å². The number of hydrogen-bond acceptors (Lipinski definition) is 3. The molecule has 0 spiro atoms. The highest BCUT2D eigenvalue weighted by Crippen LogP contribution is 2.29. The van der Waals surface area contributed by atoms with Crippen LogP contribution in [0.5, 0.6) is 0 Å². The summed E-state index contributed by atoms with van der Waals surface area (Å²) >= 11 is 0. The van der Waals surface area contributed by atoms with Crippen molar-refractivity contribution in [1.29, 1.82) is 0 Å². The number of anilines is 1. The lowest BCUT2D eigenvalue weighted by molar-refractivity contribution is 0.475. The van der Waals surface area contributed by atoms with Crippen molar-refractivity contribution in [2.24, 2.45) is 0 Å². The summed E-state index contributed by atoms with van der Waals surface area (Å²) in [5, 5.41) is 3.44. The second kappa shape index (κ2) is 6.35. The third-order valence-corrected chi connectivity index (χ3v) is 4.14. The van der Waals surface area contributed by atoms with Gasteiger partial charge in [-0.1, -0.05) is 25.1 Å². The average Bonchev–Trinajstić information content (AvgIpc) is 3.05. The summed E-state index contributed by atoms with van der Waals surface area (Å²) in [6.45, 7) is 8.16. The lowest BCUT2D eigenvalue weighted by Crippen LogP contribution is -2.19. The largest absolute Gasteiger partial charge is 0.464 e. The monoisotopic (exact) mass is 284 g/mol. The molecule has 0 fully saturated rings. The topological polar surface area (TPSA) is 28.4 Å². The first kappa shape index (κ1) is 14.2. The van der Waals surface area contributed by atoms with Crippen LogP contribution in [-0.4, -0.2) is 13.1 Å². The maximum Gasteiger partial charge on any atom is 0.123 e. The van der Waals surface area contributed by atoms with E-state index < -0.39 is 0 Å². The molecule has 0 aliphatic carbocycles. The van der Waals surface area contributed by atoms with Crippen molar-refractivity contribution in [3.05, 3.63) is 53.0 Å². The second-order valence-corrected chi connectivity index (χ2v) is 5.77. The van der Waals surface area contributed by atoms with E-state index >= 15 is 0 Å². The Labute approximate surface area is 127 Å². The molecule has 1 N–H and O–H groups in total. The zero-order valence-electron chi connectivity index (χ0n) is 13.0. The number of nitrogens with zero attached hydrogens (tertiary/aromatic N) is 1. The van der Waals surface area contributed by atoms with E-state index in [0.717, 1.165) is 50.5 Å². The predicted molar refractivity (Wildman–Crippen MR) is 86.6 cm³/mol. The summed E-state index contributed by atoms with van der Waals surface area (Å²) in [4.78, 5) is 2.41. The van der Waals surface area contributed by atoms with Gasteiger partial charge in [0.25, 0.3) is 0 Å². The van der Waals surface area contributed by atoms with Gasteiger partial charge in [0, 0.05) is 24.3 Å². The quantitative estimate of drug-likeness (QED) is 0.821. The normalized spacial score (nSPS) is 13.7. The summed E-state index contributed by atoms with van der Waals surface area (Å²) in [7, 11) is 0. The zero-order valence-corrected chi connectivity index (χ0v) is 13.0. The third kappa shape index (κ3) is 3.13. The molecule has 0 saturated heterocycles. The predicted octanol–water partition coefficient (Wildman–Crippen LogP) is 3.65. The van der Waals surface area contributed by atoms with E-state index in [9.17, 15) is 0 Å². The minimum atomic E-state index is 0.867. The Bertz CT molecular complexity index is 603. The zero-order chi connectivity index (χ0) is 14.7. The molecule has 112 valence electrons. The van der Waals surface area contributed by atoms with Crippen LogP contribution in [-0.2, 0) is 19.5 Å². The average molecular weight is 284 g/mol. The first-order valence-electron chi connectivity index (χ1n) is 7.89. The van der Waals surface area contributed by atoms with Gasteiger partial charge in [0.2, 0.25) is 0 Å². The Morgan fingerprint density at radius 3 is 3.00 bits per heavy atom. The van der Waals surface area contributed by atoms with E-state index in [0.29, 0.717) is 0 Å². The number of benzene rings is 1. The van der Waals surface area contributed by atoms with Gasteiger partial charge in [-0.05, 0) is 44.0 Å². The fraction of sp³-hybridized carbons (Fsp3) is 0.444. The van der Waals surface area contributed by atoms with E-state index in [1.54, 1.807) is 0 Å². The molecule has 0 amide bonds. The molecule has 3 nitrogen and oxygen atoms in total. The maximum absolute atomic E-state index is 5.94. The van der Waals surface area contributed by atoms with E-state index in [2.05, 4.69) is 54.4 Å². The minimum Gasteiger partial charge on any atom is -0.464 e. The van der Waals surface area contributed by atoms with Crippen molar-refractivity contribution >= 4 is 5.69 Å². The summed E-state index contributed by atoms with van der Waals surface area (Å²) in [5.41, 5.74) is 4.09. The second-order valence-electron chi connectivity index (χ2n) is 5.77. The molecule has 0 radical (unpaired) electrons. The van der Waals surface area contributed by atoms with Gasteiger partial charge in [-0.15, -0.1) is 0 Å². The van der Waals surface area contributed by atoms with E-state index in [1.165, 1.54) is 16.8 Å². The fourth-order valence-corrected chi connectivity index (χ4v) is 3.00. The van der Waals surface area contributed by atoms with Crippen LogP contribution in [0.25, 0.3) is 0 Å². The first-order chi connectivity index (χ1) is 10.3. The van der Waals surface area contributed by atoms with Crippen LogP contribution in [0.1, 0.15) is 36.0 Å². The van der Waals surface area contributed by atoms with Crippen LogP contribution in [0.15, 0.2) is 34.7 Å². The highest BCUT2D eigenvalue weighted by Gasteiger charge is 2.20. The van der Waals surface area contributed by atoms with E-state index in [4.69, 9.17) is 4.42 Å². The van der Waals surface area contributed by atoms with Gasteiger partial charge in [0.1, 0.15) is 11.5 Å². The van der Waals surface area contributed by atoms with Gasteiger partial charge in [-0.3, -0.25) is 0 Å². The van der Waals surface area contributed by atoms with Crippen LogP contribution in [0.2, 0.25) is 0 Å². The van der Waals surface area contributed by atoms with Crippen LogP contribution >= 0.6 is 0 Å². The Morgan fingerprint density at radius 2 is 2.14 bits per heavy atom. The van der Waals surface area contributed by atoms with Gasteiger partial charge in [0.15, 0.2) is 0 Å². The Morgan fingerprint density at radius 1 is 1.29 bits per heavy atom. The van der Waals surface area contributed by atoms with Crippen LogP contribution < -0.4 is 10.2 Å². The Kier molecular flexibility index (Phi) is 4.30. The van der Waals surface area contributed by atoms with Crippen molar-refractivity contribution in [2.45, 2.75) is 39.8 Å². The summed E-state index contributed by atoms with van der Waals surface area (Å²) in [6, 6.07) is 10.9. The summed E-state index contributed by atoms with van der Waals surface area (Å²) in [6.07, 6.45) is 2.30. The SMILES string of the molecule is CCCNCc1cc(CN2CCc3ccccc32)oc1C. The van der Waals surface area contributed by atoms with Crippen LogP contribution in [0.3, 0.4) is 0 Å². The summed E-state index contributed by atoms with van der Waals surface area (Å²) in [5.74, 6) is 2.11. The molecule has 0 saturated carbocycles. The molecular formula is C18H24N2O. The molecule has 0 unspecified atom stereocenters. The molecule has 21 heavy (non-hydrogen) atoms. The minimum absolute atomic E-state index is 0.867. The van der Waals surface area contributed by atoms with Gasteiger partial charge >= 0.3 is 0 Å². The standard InChI is InChI=1S/C18H24N2O/c1-3-9-19-12-16-11-17(21-14(16)2)13-20-10-8-15-6-4-5-7-18(15)20/h4-7,11,19H,3,8-10,12-13H2,1-2H3. The first-order valence-corrected chi connectivity index (χ1v) is 7.89. The number of rotatable bonds is 6. The van der Waals surface area contributed by atoms with Gasteiger partial charge in [-0.2, -0.15) is 0 Å². The molecule has 1 aliphatic rings. The number of nitrogens with one attached hydrogen (secondary N) is 1. The van der Waals surface area contributed by atoms with E-state index in [1.807, 2.05) is 0 Å². The van der Waals surface area contributed by atoms with Crippen LogP contribution in [0, 0.1) is 6.92 Å². The summed E-state index contributed by atoms with van der Waals surface area (Å²) < 4.78 is 5.94. The number of furan rings is 1. The molecule has 1 aromatic heterocycles. The molecular weight excluding hydrogens is 260 g/mol. The third-order valence-electron chi connectivity index (χ3n) is 4.14. The van der Waals surface area contributed by atoms with Crippen molar-refractivity contribution in [2.75, 3.05) is 18.0 Å². The maximum atomic E-state index is 5.94. The van der Waals surface area contributed by atoms with Crippen molar-refractivity contribution < 1.29 is 4.42 Å². The van der Waals surface area contributed by atoms with Gasteiger partial charge in [0.05, 0.1) is 6.54 Å². The Balaban J connectivity index is 1.67. The van der Waals surface area contributed by atoms with Crippen molar-refractivity contribution in [1.82, 2.24) is 5.32 Å². The lowest BCUT2D eigenvalue weighted by atomic mass is 10.2. The Hall–Kier alpha value is -1.74. The van der Waals surface area contributed by atoms with Crippen molar-refractivity contribution in [3.8, 4) is 0 Å². The number of fused-ring (bicyclic) bond motifs is 1. The number of aryl methyl sites for hydroxylation is 1. The van der Waals surface area contributed by atoms with Crippen LogP contribution in [0.4, 0.5) is 5.69 Å². The number of para-hydroxylation sites is 1. The highest BCUT2D eigenvalue weighted by atomic mass is 16.3. The molecule has 1 aliphatic heterocycles. The van der Waals surface area contributed by atoms with Gasteiger partial charge < -0.3 is 14.6 Å². The highest BCUT2D eigenvalue weighted by molar-refractivity contribution is 5.57. The van der Waals surface area contributed by atoms with Crippen molar-refractivity contribution in [3.63, 3.8) is 0 Å². The van der Waals surface area contributed by atoms with E-state index in [-0.39, 0.29) is 0 Å². The smallest absolute Gasteiger partial charge is 0.123 e. The number of hydrogen-bond donors (Lipinski definition) is 1. The molecule has 0 bridgehead atoms. The molecule has 1 aromatic carbocycles. The molecule has 2 aromatic rings. The molecule has 3 heteroatoms. The molecule has 2 heterocycles. The molecule has 3 rings (SSSR count). The fourth-order valence-electron chi connectivity index (χ4n) is 3.00. The lowest BCUT2D eigenvalue weighted by Gasteiger charge is -2.17.